The Morgan fingerprint density at radius 1 is 0.967 bits per heavy atom. The molecular formula is C19H12F3N3O3S2. The van der Waals surface area contributed by atoms with Crippen LogP contribution in [-0.4, -0.2) is 33.1 Å². The van der Waals surface area contributed by atoms with Gasteiger partial charge in [0.25, 0.3) is 5.91 Å². The molecule has 0 aliphatic rings. The van der Waals surface area contributed by atoms with E-state index < -0.39 is 12.1 Å². The number of carboxylic acid groups (broad SMARTS) is 1. The summed E-state index contributed by atoms with van der Waals surface area (Å²) < 4.78 is 32.8. The number of aliphatic carboxylic acids is 1. The topological polar surface area (TPSA) is 92.2 Å². The Kier molecular flexibility index (Phi) is 6.43. The molecule has 3 aromatic heterocycles. The monoisotopic (exact) mass is 451 g/mol. The summed E-state index contributed by atoms with van der Waals surface area (Å²) in [6.45, 7) is 0. The number of amides is 1. The summed E-state index contributed by atoms with van der Waals surface area (Å²) in [6.07, 6.45) is -1.59. The minimum absolute atomic E-state index is 0.130. The average Bonchev–Trinajstić information content (AvgIpc) is 3.35. The van der Waals surface area contributed by atoms with E-state index in [0.29, 0.717) is 10.0 Å². The van der Waals surface area contributed by atoms with E-state index in [1.54, 1.807) is 12.4 Å². The summed E-state index contributed by atoms with van der Waals surface area (Å²) in [5.74, 6) is -2.89. The van der Waals surface area contributed by atoms with Crippen molar-refractivity contribution in [2.75, 3.05) is 5.32 Å². The number of nitrogens with one attached hydrogen (secondary N) is 1. The number of aromatic nitrogens is 2. The molecule has 4 rings (SSSR count). The maximum absolute atomic E-state index is 12.4. The summed E-state index contributed by atoms with van der Waals surface area (Å²) in [4.78, 5) is 31.4. The van der Waals surface area contributed by atoms with Crippen LogP contribution in [0.4, 0.5) is 18.3 Å². The van der Waals surface area contributed by atoms with Crippen molar-refractivity contribution >= 4 is 49.9 Å². The number of nitrogens with zero attached hydrogens (tertiary/aromatic N) is 2. The number of anilines is 1. The van der Waals surface area contributed by atoms with Gasteiger partial charge in [0.1, 0.15) is 0 Å². The van der Waals surface area contributed by atoms with E-state index in [1.165, 1.54) is 22.7 Å². The predicted molar refractivity (Wildman–Crippen MR) is 109 cm³/mol. The average molecular weight is 451 g/mol. The van der Waals surface area contributed by atoms with Gasteiger partial charge in [0.05, 0.1) is 15.1 Å². The number of halogens is 3. The number of fused-ring (bicyclic) bond motifs is 1. The van der Waals surface area contributed by atoms with Gasteiger partial charge in [-0.2, -0.15) is 13.2 Å². The van der Waals surface area contributed by atoms with Gasteiger partial charge < -0.3 is 5.11 Å². The van der Waals surface area contributed by atoms with Gasteiger partial charge in [0.2, 0.25) is 0 Å². The van der Waals surface area contributed by atoms with Crippen LogP contribution >= 0.6 is 22.7 Å². The Balaban J connectivity index is 0.000000318. The standard InChI is InChI=1S/C17H11N3OS2.C2HF3O2/c21-16(20-17-19-12-3-1-2-4-14(12)23-17)15-6-5-13(22-15)11-7-9-18-10-8-11;3-2(4,5)1(6)7/h1-10H,(H,19,20,21);(H,6,7). The molecule has 6 nitrogen and oxygen atoms in total. The Labute approximate surface area is 175 Å². The lowest BCUT2D eigenvalue weighted by Gasteiger charge is -1.98. The molecular weight excluding hydrogens is 439 g/mol. The van der Waals surface area contributed by atoms with E-state index in [9.17, 15) is 18.0 Å². The largest absolute Gasteiger partial charge is 0.490 e. The van der Waals surface area contributed by atoms with Gasteiger partial charge in [-0.05, 0) is 42.0 Å². The number of thiophene rings is 1. The Morgan fingerprint density at radius 2 is 1.63 bits per heavy atom. The van der Waals surface area contributed by atoms with E-state index in [1.807, 2.05) is 48.5 Å². The molecule has 0 aliphatic heterocycles. The van der Waals surface area contributed by atoms with Crippen molar-refractivity contribution in [3.05, 3.63) is 65.8 Å². The van der Waals surface area contributed by atoms with Crippen LogP contribution in [0, 0.1) is 0 Å². The highest BCUT2D eigenvalue weighted by Crippen LogP contribution is 2.29. The Bertz CT molecular complexity index is 1140. The molecule has 2 N–H and O–H groups in total. The van der Waals surface area contributed by atoms with Gasteiger partial charge in [-0.3, -0.25) is 15.1 Å². The van der Waals surface area contributed by atoms with E-state index in [0.717, 1.165) is 20.7 Å². The van der Waals surface area contributed by atoms with Crippen LogP contribution in [0.3, 0.4) is 0 Å². The maximum atomic E-state index is 12.4. The smallest absolute Gasteiger partial charge is 0.475 e. The first-order chi connectivity index (χ1) is 14.2. The van der Waals surface area contributed by atoms with E-state index in [-0.39, 0.29) is 5.91 Å². The molecule has 0 saturated carbocycles. The molecule has 0 atom stereocenters. The lowest BCUT2D eigenvalue weighted by Crippen LogP contribution is -2.21. The zero-order valence-electron chi connectivity index (χ0n) is 14.9. The lowest BCUT2D eigenvalue weighted by molar-refractivity contribution is -0.192. The molecule has 0 bridgehead atoms. The van der Waals surface area contributed by atoms with Gasteiger partial charge in [-0.25, -0.2) is 9.78 Å². The second kappa shape index (κ2) is 9.01. The van der Waals surface area contributed by atoms with Crippen LogP contribution in [0.15, 0.2) is 60.9 Å². The van der Waals surface area contributed by atoms with Crippen LogP contribution < -0.4 is 5.32 Å². The highest BCUT2D eigenvalue weighted by molar-refractivity contribution is 7.22. The molecule has 30 heavy (non-hydrogen) atoms. The molecule has 4 aromatic rings. The number of hydrogen-bond acceptors (Lipinski definition) is 6. The summed E-state index contributed by atoms with van der Waals surface area (Å²) in [7, 11) is 0. The first-order valence-corrected chi connectivity index (χ1v) is 9.84. The predicted octanol–water partition coefficient (Wildman–Crippen LogP) is 5.31. The molecule has 0 radical (unpaired) electrons. The van der Waals surface area contributed by atoms with Crippen LogP contribution in [0.2, 0.25) is 0 Å². The highest BCUT2D eigenvalue weighted by atomic mass is 32.1. The molecule has 0 spiro atoms. The molecule has 3 heterocycles. The molecule has 11 heteroatoms. The highest BCUT2D eigenvalue weighted by Gasteiger charge is 2.38. The summed E-state index contributed by atoms with van der Waals surface area (Å²) >= 11 is 2.93. The van der Waals surface area contributed by atoms with Crippen LogP contribution in [0.1, 0.15) is 9.67 Å². The number of hydrogen-bond donors (Lipinski definition) is 2. The Morgan fingerprint density at radius 3 is 2.27 bits per heavy atom. The van der Waals surface area contributed by atoms with Crippen molar-refractivity contribution in [3.8, 4) is 10.4 Å². The second-order valence-corrected chi connectivity index (χ2v) is 7.76. The first kappa shape index (κ1) is 21.4. The van der Waals surface area contributed by atoms with Crippen LogP contribution in [0.25, 0.3) is 20.7 Å². The molecule has 0 saturated heterocycles. The van der Waals surface area contributed by atoms with Crippen molar-refractivity contribution in [2.45, 2.75) is 6.18 Å². The molecule has 0 aliphatic carbocycles. The summed E-state index contributed by atoms with van der Waals surface area (Å²) in [5, 5.41) is 10.6. The minimum Gasteiger partial charge on any atom is -0.475 e. The van der Waals surface area contributed by atoms with Crippen molar-refractivity contribution in [1.29, 1.82) is 0 Å². The van der Waals surface area contributed by atoms with Crippen molar-refractivity contribution < 1.29 is 27.9 Å². The lowest BCUT2D eigenvalue weighted by atomic mass is 10.2. The number of carbonyl (C=O) groups is 2. The van der Waals surface area contributed by atoms with Gasteiger partial charge in [0.15, 0.2) is 5.13 Å². The Hall–Kier alpha value is -3.31. The van der Waals surface area contributed by atoms with Crippen LogP contribution in [0.5, 0.6) is 0 Å². The van der Waals surface area contributed by atoms with Crippen molar-refractivity contribution in [2.24, 2.45) is 0 Å². The number of para-hydroxylation sites is 1. The number of pyridine rings is 1. The zero-order valence-corrected chi connectivity index (χ0v) is 16.5. The maximum Gasteiger partial charge on any atom is 0.490 e. The number of carbonyl (C=O) groups excluding carboxylic acids is 1. The van der Waals surface area contributed by atoms with E-state index in [4.69, 9.17) is 9.90 Å². The van der Waals surface area contributed by atoms with E-state index in [2.05, 4.69) is 15.3 Å². The van der Waals surface area contributed by atoms with E-state index >= 15 is 0 Å². The zero-order chi connectivity index (χ0) is 21.7. The SMILES string of the molecule is O=C(Nc1nc2ccccc2s1)c1ccc(-c2ccncc2)s1.O=C(O)C(F)(F)F. The molecule has 1 aromatic carbocycles. The summed E-state index contributed by atoms with van der Waals surface area (Å²) in [5.41, 5.74) is 1.96. The number of thiazole rings is 1. The third-order valence-electron chi connectivity index (χ3n) is 3.55. The number of rotatable bonds is 3. The normalized spacial score (nSPS) is 10.9. The third kappa shape index (κ3) is 5.39. The van der Waals surface area contributed by atoms with Crippen molar-refractivity contribution in [1.82, 2.24) is 9.97 Å². The molecule has 0 fully saturated rings. The first-order valence-electron chi connectivity index (χ1n) is 8.21. The van der Waals surface area contributed by atoms with Gasteiger partial charge in [0, 0.05) is 17.3 Å². The third-order valence-corrected chi connectivity index (χ3v) is 5.64. The van der Waals surface area contributed by atoms with Gasteiger partial charge in [-0.1, -0.05) is 23.5 Å². The molecule has 1 amide bonds. The fourth-order valence-corrected chi connectivity index (χ4v) is 3.98. The van der Waals surface area contributed by atoms with Crippen LogP contribution in [-0.2, 0) is 4.79 Å². The van der Waals surface area contributed by atoms with Crippen molar-refractivity contribution in [3.63, 3.8) is 0 Å². The van der Waals surface area contributed by atoms with Gasteiger partial charge >= 0.3 is 12.1 Å². The molecule has 154 valence electrons. The fraction of sp³-hybridized carbons (Fsp3) is 0.0526. The molecule has 0 unspecified atom stereocenters. The second-order valence-electron chi connectivity index (χ2n) is 5.64. The van der Waals surface area contributed by atoms with Gasteiger partial charge in [-0.15, -0.1) is 11.3 Å². The number of carboxylic acids is 1. The minimum atomic E-state index is -5.08. The quantitative estimate of drug-likeness (QED) is 0.441. The fourth-order valence-electron chi connectivity index (χ4n) is 2.22. The number of benzene rings is 1. The summed E-state index contributed by atoms with van der Waals surface area (Å²) in [6, 6.07) is 15.5. The number of alkyl halides is 3.